The summed E-state index contributed by atoms with van der Waals surface area (Å²) < 4.78 is 1.89. The van der Waals surface area contributed by atoms with Crippen molar-refractivity contribution in [3.05, 3.63) is 40.8 Å². The molecule has 0 amide bonds. The molecule has 2 heterocycles. The van der Waals surface area contributed by atoms with E-state index in [4.69, 9.17) is 17.0 Å². The molecule has 1 aromatic carbocycles. The van der Waals surface area contributed by atoms with Crippen molar-refractivity contribution in [2.45, 2.75) is 13.0 Å². The van der Waals surface area contributed by atoms with Gasteiger partial charge in [-0.3, -0.25) is 9.98 Å². The lowest BCUT2D eigenvalue weighted by molar-refractivity contribution is 0.584. The predicted molar refractivity (Wildman–Crippen MR) is 71.6 cm³/mol. The monoisotopic (exact) mass is 260 g/mol. The van der Waals surface area contributed by atoms with Gasteiger partial charge in [0.2, 0.25) is 5.95 Å². The third-order valence-electron chi connectivity index (χ3n) is 3.01. The minimum Gasteiger partial charge on any atom is -0.356 e. The Morgan fingerprint density at radius 1 is 1.33 bits per heavy atom. The third-order valence-corrected chi connectivity index (χ3v) is 3.24. The van der Waals surface area contributed by atoms with Crippen molar-refractivity contribution >= 4 is 17.5 Å². The van der Waals surface area contributed by atoms with Gasteiger partial charge in [-0.2, -0.15) is 0 Å². The van der Waals surface area contributed by atoms with E-state index in [1.807, 2.05) is 28.8 Å². The number of aromatic nitrogens is 2. The van der Waals surface area contributed by atoms with Gasteiger partial charge < -0.3 is 5.32 Å². The normalized spacial score (nSPS) is 13.8. The summed E-state index contributed by atoms with van der Waals surface area (Å²) in [5.41, 5.74) is 2.19. The fourth-order valence-corrected chi connectivity index (χ4v) is 2.31. The zero-order chi connectivity index (χ0) is 12.5. The van der Waals surface area contributed by atoms with Gasteiger partial charge in [0, 0.05) is 29.7 Å². The Morgan fingerprint density at radius 2 is 2.22 bits per heavy atom. The fourth-order valence-electron chi connectivity index (χ4n) is 2.12. The van der Waals surface area contributed by atoms with Crippen LogP contribution in [-0.2, 0) is 6.54 Å². The molecule has 0 bridgehead atoms. The number of rotatable bonds is 1. The van der Waals surface area contributed by atoms with Crippen LogP contribution in [0.1, 0.15) is 6.42 Å². The second kappa shape index (κ2) is 4.46. The van der Waals surface area contributed by atoms with Gasteiger partial charge in [0.15, 0.2) is 0 Å². The Bertz CT molecular complexity index is 648. The summed E-state index contributed by atoms with van der Waals surface area (Å²) in [7, 11) is 0. The second-order valence-electron chi connectivity index (χ2n) is 4.29. The molecule has 0 spiro atoms. The van der Waals surface area contributed by atoms with Gasteiger partial charge in [-0.1, -0.05) is 23.7 Å². The Kier molecular flexibility index (Phi) is 2.80. The molecule has 0 atom stereocenters. The fraction of sp³-hybridized carbons (Fsp3) is 0.231. The van der Waals surface area contributed by atoms with E-state index in [0.29, 0.717) is 10.5 Å². The lowest BCUT2D eigenvalue weighted by Gasteiger charge is -2.20. The molecule has 0 radical (unpaired) electrons. The summed E-state index contributed by atoms with van der Waals surface area (Å²) in [6, 6.07) is 9.32. The van der Waals surface area contributed by atoms with Crippen molar-refractivity contribution in [3.63, 3.8) is 0 Å². The number of anilines is 1. The van der Waals surface area contributed by atoms with Crippen molar-refractivity contribution in [2.24, 2.45) is 0 Å². The van der Waals surface area contributed by atoms with Gasteiger partial charge in [0.25, 0.3) is 0 Å². The summed E-state index contributed by atoms with van der Waals surface area (Å²) in [6.45, 7) is 1.76. The highest BCUT2D eigenvalue weighted by molar-refractivity contribution is 6.30. The quantitative estimate of drug-likeness (QED) is 0.828. The van der Waals surface area contributed by atoms with Gasteiger partial charge >= 0.3 is 0 Å². The van der Waals surface area contributed by atoms with E-state index in [1.165, 1.54) is 0 Å². The van der Waals surface area contributed by atoms with E-state index in [0.717, 1.165) is 36.7 Å². The van der Waals surface area contributed by atoms with Crippen LogP contribution in [0, 0.1) is 5.41 Å². The first-order chi connectivity index (χ1) is 8.74. The first kappa shape index (κ1) is 11.3. The number of hydrogen-bond donors (Lipinski definition) is 2. The minimum absolute atomic E-state index is 0.474. The van der Waals surface area contributed by atoms with Crippen molar-refractivity contribution < 1.29 is 0 Å². The Morgan fingerprint density at radius 3 is 3.06 bits per heavy atom. The molecule has 2 N–H and O–H groups in total. The van der Waals surface area contributed by atoms with Gasteiger partial charge in [-0.05, 0) is 18.6 Å². The second-order valence-corrected chi connectivity index (χ2v) is 4.73. The summed E-state index contributed by atoms with van der Waals surface area (Å²) in [6.07, 6.45) is 1.03. The summed E-state index contributed by atoms with van der Waals surface area (Å²) in [4.78, 5) is 4.56. The average molecular weight is 261 g/mol. The summed E-state index contributed by atoms with van der Waals surface area (Å²) in [5.74, 6) is 0.767. The maximum Gasteiger partial charge on any atom is 0.204 e. The van der Waals surface area contributed by atoms with Crippen LogP contribution in [0.25, 0.3) is 11.3 Å². The zero-order valence-corrected chi connectivity index (χ0v) is 10.5. The molecule has 3 rings (SSSR count). The van der Waals surface area contributed by atoms with E-state index >= 15 is 0 Å². The topological polar surface area (TPSA) is 53.7 Å². The van der Waals surface area contributed by atoms with Crippen molar-refractivity contribution in [1.29, 1.82) is 5.41 Å². The minimum atomic E-state index is 0.474. The van der Waals surface area contributed by atoms with Crippen LogP contribution in [0.15, 0.2) is 30.3 Å². The maximum atomic E-state index is 8.04. The molecular formula is C13H13ClN4. The van der Waals surface area contributed by atoms with E-state index in [2.05, 4.69) is 10.3 Å². The molecule has 18 heavy (non-hydrogen) atoms. The molecular weight excluding hydrogens is 248 g/mol. The molecule has 0 saturated heterocycles. The molecule has 0 unspecified atom stereocenters. The first-order valence-electron chi connectivity index (χ1n) is 5.90. The van der Waals surface area contributed by atoms with Gasteiger partial charge in [-0.15, -0.1) is 0 Å². The molecule has 0 aliphatic carbocycles. The first-order valence-corrected chi connectivity index (χ1v) is 6.28. The largest absolute Gasteiger partial charge is 0.356 e. The Balaban J connectivity index is 2.14. The van der Waals surface area contributed by atoms with Crippen molar-refractivity contribution in [3.8, 4) is 11.3 Å². The van der Waals surface area contributed by atoms with Crippen LogP contribution in [0.5, 0.6) is 0 Å². The van der Waals surface area contributed by atoms with Crippen molar-refractivity contribution in [2.75, 3.05) is 11.9 Å². The molecule has 92 valence electrons. The zero-order valence-electron chi connectivity index (χ0n) is 9.78. The number of benzene rings is 1. The molecule has 1 aromatic heterocycles. The predicted octanol–water partition coefficient (Wildman–Crippen LogP) is 2.50. The Hall–Kier alpha value is -1.81. The standard InChI is InChI=1S/C13H13ClN4/c14-10-4-1-3-9(7-10)11-8-12(15)18-6-2-5-16-13(18)17-11/h1,3-4,7-8,15H,2,5-6H2,(H,16,17). The van der Waals surface area contributed by atoms with E-state index < -0.39 is 0 Å². The van der Waals surface area contributed by atoms with Crippen molar-refractivity contribution in [1.82, 2.24) is 9.55 Å². The van der Waals surface area contributed by atoms with Crippen LogP contribution in [0.3, 0.4) is 0 Å². The van der Waals surface area contributed by atoms with Gasteiger partial charge in [0.1, 0.15) is 5.49 Å². The molecule has 4 nitrogen and oxygen atoms in total. The highest BCUT2D eigenvalue weighted by Crippen LogP contribution is 2.21. The highest BCUT2D eigenvalue weighted by Gasteiger charge is 2.11. The van der Waals surface area contributed by atoms with E-state index in [1.54, 1.807) is 6.07 Å². The Labute approximate surface area is 110 Å². The number of nitrogens with one attached hydrogen (secondary N) is 2. The number of hydrogen-bond acceptors (Lipinski definition) is 3. The number of nitrogens with zero attached hydrogens (tertiary/aromatic N) is 2. The average Bonchev–Trinajstić information content (AvgIpc) is 2.39. The molecule has 1 aliphatic heterocycles. The summed E-state index contributed by atoms with van der Waals surface area (Å²) >= 11 is 5.98. The number of fused-ring (bicyclic) bond motifs is 1. The molecule has 1 aliphatic rings. The van der Waals surface area contributed by atoms with Crippen LogP contribution < -0.4 is 10.8 Å². The van der Waals surface area contributed by atoms with Crippen LogP contribution in [0.4, 0.5) is 5.95 Å². The van der Waals surface area contributed by atoms with Crippen LogP contribution in [0.2, 0.25) is 5.02 Å². The molecule has 5 heteroatoms. The summed E-state index contributed by atoms with van der Waals surface area (Å²) in [5, 5.41) is 11.9. The maximum absolute atomic E-state index is 8.04. The molecule has 0 saturated carbocycles. The van der Waals surface area contributed by atoms with E-state index in [-0.39, 0.29) is 0 Å². The lowest BCUT2D eigenvalue weighted by atomic mass is 10.1. The molecule has 0 fully saturated rings. The van der Waals surface area contributed by atoms with Crippen LogP contribution >= 0.6 is 11.6 Å². The number of halogens is 1. The lowest BCUT2D eigenvalue weighted by Crippen LogP contribution is -2.30. The third kappa shape index (κ3) is 1.99. The van der Waals surface area contributed by atoms with Gasteiger partial charge in [-0.25, -0.2) is 4.98 Å². The molecule has 2 aromatic rings. The van der Waals surface area contributed by atoms with Gasteiger partial charge in [0.05, 0.1) is 5.69 Å². The SMILES string of the molecule is N=c1cc(-c2cccc(Cl)c2)nc2n1CCCN2. The van der Waals surface area contributed by atoms with Crippen LogP contribution in [-0.4, -0.2) is 16.1 Å². The highest BCUT2D eigenvalue weighted by atomic mass is 35.5. The van der Waals surface area contributed by atoms with E-state index in [9.17, 15) is 0 Å². The smallest absolute Gasteiger partial charge is 0.204 e.